The Morgan fingerprint density at radius 3 is 2.14 bits per heavy atom. The standard InChI is InChI=1S/C22H15ClN2O3/c23-16-10-8-14(9-11-16)13-24-20(26)15-4-3-5-17(12-15)25-21(27)18-6-1-2-7-19(18)22(25)28/h1-12H,13H2,(H,24,26). The Balaban J connectivity index is 1.53. The number of hydrogen-bond donors (Lipinski definition) is 1. The van der Waals surface area contributed by atoms with Crippen molar-refractivity contribution in [1.82, 2.24) is 5.32 Å². The number of halogens is 1. The fourth-order valence-electron chi connectivity index (χ4n) is 3.10. The maximum atomic E-state index is 12.6. The summed E-state index contributed by atoms with van der Waals surface area (Å²) in [5, 5.41) is 3.45. The minimum atomic E-state index is -0.390. The molecule has 1 aliphatic rings. The number of carbonyl (C=O) groups is 3. The van der Waals surface area contributed by atoms with Crippen molar-refractivity contribution >= 4 is 35.0 Å². The maximum absolute atomic E-state index is 12.6. The van der Waals surface area contributed by atoms with Crippen LogP contribution in [0.25, 0.3) is 0 Å². The van der Waals surface area contributed by atoms with E-state index in [1.807, 2.05) is 12.1 Å². The van der Waals surface area contributed by atoms with Gasteiger partial charge in [-0.3, -0.25) is 14.4 Å². The molecule has 0 aromatic heterocycles. The molecule has 0 fully saturated rings. The molecule has 0 spiro atoms. The van der Waals surface area contributed by atoms with Gasteiger partial charge in [0.15, 0.2) is 0 Å². The molecule has 0 atom stereocenters. The van der Waals surface area contributed by atoms with Gasteiger partial charge in [0.1, 0.15) is 0 Å². The molecule has 3 amide bonds. The van der Waals surface area contributed by atoms with Crippen molar-refractivity contribution in [3.8, 4) is 0 Å². The van der Waals surface area contributed by atoms with E-state index in [1.165, 1.54) is 0 Å². The number of nitrogens with zero attached hydrogens (tertiary/aromatic N) is 1. The van der Waals surface area contributed by atoms with E-state index in [9.17, 15) is 14.4 Å². The van der Waals surface area contributed by atoms with Crippen LogP contribution < -0.4 is 10.2 Å². The molecule has 1 aliphatic heterocycles. The van der Waals surface area contributed by atoms with Crippen LogP contribution in [0.2, 0.25) is 5.02 Å². The lowest BCUT2D eigenvalue weighted by atomic mass is 10.1. The molecule has 3 aromatic rings. The molecule has 0 saturated carbocycles. The van der Waals surface area contributed by atoms with Gasteiger partial charge in [-0.1, -0.05) is 41.9 Å². The molecule has 1 N–H and O–H groups in total. The topological polar surface area (TPSA) is 66.5 Å². The molecule has 0 bridgehead atoms. The smallest absolute Gasteiger partial charge is 0.266 e. The lowest BCUT2D eigenvalue weighted by molar-refractivity contribution is 0.0919. The van der Waals surface area contributed by atoms with Crippen LogP contribution in [0.1, 0.15) is 36.6 Å². The molecule has 28 heavy (non-hydrogen) atoms. The van der Waals surface area contributed by atoms with E-state index in [2.05, 4.69) is 5.32 Å². The molecular weight excluding hydrogens is 376 g/mol. The van der Waals surface area contributed by atoms with Crippen LogP contribution in [0.15, 0.2) is 72.8 Å². The average molecular weight is 391 g/mol. The van der Waals surface area contributed by atoms with E-state index >= 15 is 0 Å². The van der Waals surface area contributed by atoms with Crippen LogP contribution in [0, 0.1) is 0 Å². The summed E-state index contributed by atoms with van der Waals surface area (Å²) in [6.07, 6.45) is 0. The third-order valence-electron chi connectivity index (χ3n) is 4.53. The highest BCUT2D eigenvalue weighted by molar-refractivity contribution is 6.34. The van der Waals surface area contributed by atoms with Gasteiger partial charge in [-0.05, 0) is 48.0 Å². The van der Waals surface area contributed by atoms with Crippen LogP contribution >= 0.6 is 11.6 Å². The normalized spacial score (nSPS) is 12.8. The van der Waals surface area contributed by atoms with Gasteiger partial charge in [0, 0.05) is 17.1 Å². The first-order chi connectivity index (χ1) is 13.5. The van der Waals surface area contributed by atoms with Crippen molar-refractivity contribution in [1.29, 1.82) is 0 Å². The number of rotatable bonds is 4. The minimum Gasteiger partial charge on any atom is -0.348 e. The van der Waals surface area contributed by atoms with Gasteiger partial charge >= 0.3 is 0 Å². The lowest BCUT2D eigenvalue weighted by Gasteiger charge is -2.15. The molecule has 138 valence electrons. The third kappa shape index (κ3) is 3.28. The molecule has 0 radical (unpaired) electrons. The van der Waals surface area contributed by atoms with Crippen LogP contribution in [0.3, 0.4) is 0 Å². The van der Waals surface area contributed by atoms with Gasteiger partial charge in [0.25, 0.3) is 17.7 Å². The maximum Gasteiger partial charge on any atom is 0.266 e. The quantitative estimate of drug-likeness (QED) is 0.683. The first-order valence-electron chi connectivity index (χ1n) is 8.65. The molecule has 0 saturated heterocycles. The fraction of sp³-hybridized carbons (Fsp3) is 0.0455. The Labute approximate surface area is 166 Å². The number of anilines is 1. The Morgan fingerprint density at radius 2 is 1.50 bits per heavy atom. The van der Waals surface area contributed by atoms with E-state index in [0.717, 1.165) is 10.5 Å². The van der Waals surface area contributed by atoms with Gasteiger partial charge < -0.3 is 5.32 Å². The van der Waals surface area contributed by atoms with Crippen molar-refractivity contribution in [2.45, 2.75) is 6.54 Å². The Kier molecular flexibility index (Phi) is 4.67. The molecule has 3 aromatic carbocycles. The van der Waals surface area contributed by atoms with Crippen molar-refractivity contribution < 1.29 is 14.4 Å². The summed E-state index contributed by atoms with van der Waals surface area (Å²) in [5.41, 5.74) is 2.37. The predicted octanol–water partition coefficient (Wildman–Crippen LogP) is 4.07. The Morgan fingerprint density at radius 1 is 0.857 bits per heavy atom. The largest absolute Gasteiger partial charge is 0.348 e. The molecular formula is C22H15ClN2O3. The van der Waals surface area contributed by atoms with Gasteiger partial charge in [-0.25, -0.2) is 4.90 Å². The van der Waals surface area contributed by atoms with E-state index in [-0.39, 0.29) is 17.7 Å². The summed E-state index contributed by atoms with van der Waals surface area (Å²) in [6, 6.07) is 20.3. The fourth-order valence-corrected chi connectivity index (χ4v) is 3.22. The molecule has 0 unspecified atom stereocenters. The lowest BCUT2D eigenvalue weighted by Crippen LogP contribution is -2.30. The van der Waals surface area contributed by atoms with Crippen LogP contribution in [-0.4, -0.2) is 17.7 Å². The highest BCUT2D eigenvalue weighted by atomic mass is 35.5. The summed E-state index contributed by atoms with van der Waals surface area (Å²) >= 11 is 5.86. The molecule has 4 rings (SSSR count). The third-order valence-corrected chi connectivity index (χ3v) is 4.78. The van der Waals surface area contributed by atoms with Crippen molar-refractivity contribution in [3.63, 3.8) is 0 Å². The van der Waals surface area contributed by atoms with E-state index in [0.29, 0.717) is 33.9 Å². The van der Waals surface area contributed by atoms with E-state index in [1.54, 1.807) is 60.7 Å². The van der Waals surface area contributed by atoms with Crippen LogP contribution in [-0.2, 0) is 6.54 Å². The van der Waals surface area contributed by atoms with Crippen molar-refractivity contribution in [2.24, 2.45) is 0 Å². The highest BCUT2D eigenvalue weighted by Crippen LogP contribution is 2.28. The number of nitrogens with one attached hydrogen (secondary N) is 1. The number of carbonyl (C=O) groups excluding carboxylic acids is 3. The first-order valence-corrected chi connectivity index (χ1v) is 9.03. The summed E-state index contributed by atoms with van der Waals surface area (Å²) in [6.45, 7) is 0.341. The van der Waals surface area contributed by atoms with Gasteiger partial charge in [0.2, 0.25) is 0 Å². The zero-order valence-corrected chi connectivity index (χ0v) is 15.4. The Bertz CT molecular complexity index is 1060. The number of imide groups is 1. The predicted molar refractivity (Wildman–Crippen MR) is 107 cm³/mol. The number of fused-ring (bicyclic) bond motifs is 1. The highest BCUT2D eigenvalue weighted by Gasteiger charge is 2.36. The number of benzene rings is 3. The van der Waals surface area contributed by atoms with E-state index < -0.39 is 0 Å². The summed E-state index contributed by atoms with van der Waals surface area (Å²) in [5.74, 6) is -1.08. The minimum absolute atomic E-state index is 0.298. The summed E-state index contributed by atoms with van der Waals surface area (Å²) < 4.78 is 0. The zero-order chi connectivity index (χ0) is 19.7. The molecule has 1 heterocycles. The monoisotopic (exact) mass is 390 g/mol. The van der Waals surface area contributed by atoms with E-state index in [4.69, 9.17) is 11.6 Å². The summed E-state index contributed by atoms with van der Waals surface area (Å²) in [4.78, 5) is 38.8. The molecule has 6 heteroatoms. The van der Waals surface area contributed by atoms with Crippen molar-refractivity contribution in [2.75, 3.05) is 4.90 Å². The molecule has 0 aliphatic carbocycles. The van der Waals surface area contributed by atoms with Crippen LogP contribution in [0.5, 0.6) is 0 Å². The second kappa shape index (κ2) is 7.29. The Hall–Kier alpha value is -3.44. The van der Waals surface area contributed by atoms with Crippen LogP contribution in [0.4, 0.5) is 5.69 Å². The zero-order valence-electron chi connectivity index (χ0n) is 14.7. The van der Waals surface area contributed by atoms with Gasteiger partial charge in [-0.2, -0.15) is 0 Å². The van der Waals surface area contributed by atoms with Crippen molar-refractivity contribution in [3.05, 3.63) is 100 Å². The van der Waals surface area contributed by atoms with Gasteiger partial charge in [-0.15, -0.1) is 0 Å². The summed E-state index contributed by atoms with van der Waals surface area (Å²) in [7, 11) is 0. The first kappa shape index (κ1) is 17.9. The average Bonchev–Trinajstić information content (AvgIpc) is 2.98. The van der Waals surface area contributed by atoms with Gasteiger partial charge in [0.05, 0.1) is 16.8 Å². The SMILES string of the molecule is O=C(NCc1ccc(Cl)cc1)c1cccc(N2C(=O)c3ccccc3C2=O)c1. The second-order valence-electron chi connectivity index (χ2n) is 6.35. The second-order valence-corrected chi connectivity index (χ2v) is 6.79. The number of hydrogen-bond acceptors (Lipinski definition) is 3. The molecule has 5 nitrogen and oxygen atoms in total. The number of amides is 3.